The summed E-state index contributed by atoms with van der Waals surface area (Å²) in [5.74, 6) is 0.952. The molecule has 3 aromatic rings. The minimum atomic E-state index is -0.566. The lowest BCUT2D eigenvalue weighted by molar-refractivity contribution is 0.210. The molecule has 3 rings (SSSR count). The Morgan fingerprint density at radius 3 is 2.34 bits per heavy atom. The summed E-state index contributed by atoms with van der Waals surface area (Å²) in [6.07, 6.45) is 4.84. The van der Waals surface area contributed by atoms with Gasteiger partial charge in [0.05, 0.1) is 6.54 Å². The number of carbonyl (C=O) groups is 1. The monoisotopic (exact) mass is 460 g/mol. The van der Waals surface area contributed by atoms with E-state index in [-0.39, 0.29) is 11.3 Å². The fraction of sp³-hybridized carbons (Fsp3) is 0.455. The molecule has 10 heteroatoms. The Hall–Kier alpha value is -3.01. The number of fused-ring (bicyclic) bond motifs is 1. The number of nitrogens with zero attached hydrogens (tertiary/aromatic N) is 5. The van der Waals surface area contributed by atoms with Crippen LogP contribution < -0.4 is 11.4 Å². The van der Waals surface area contributed by atoms with Crippen LogP contribution in [0.2, 0.25) is 0 Å². The number of nitrogen functional groups attached to an aromatic ring is 1. The molecule has 2 N–H and O–H groups in total. The van der Waals surface area contributed by atoms with Gasteiger partial charge in [-0.15, -0.1) is 0 Å². The Labute approximate surface area is 190 Å². The molecule has 9 nitrogen and oxygen atoms in total. The lowest BCUT2D eigenvalue weighted by Gasteiger charge is -2.16. The van der Waals surface area contributed by atoms with Crippen LogP contribution in [0.15, 0.2) is 35.4 Å². The summed E-state index contributed by atoms with van der Waals surface area (Å²) in [6, 6.07) is 7.40. The molecule has 1 amide bonds. The largest absolute Gasteiger partial charge is 0.382 e. The van der Waals surface area contributed by atoms with Crippen LogP contribution in [0.25, 0.3) is 11.2 Å². The topological polar surface area (TPSA) is 116 Å². The van der Waals surface area contributed by atoms with Gasteiger partial charge in [-0.25, -0.2) is 24.1 Å². The minimum Gasteiger partial charge on any atom is -0.382 e. The first-order valence-corrected chi connectivity index (χ1v) is 12.3. The van der Waals surface area contributed by atoms with Gasteiger partial charge < -0.3 is 10.6 Å². The molecule has 0 fully saturated rings. The molecular weight excluding hydrogens is 428 g/mol. The van der Waals surface area contributed by atoms with Crippen LogP contribution in [0.1, 0.15) is 37.8 Å². The van der Waals surface area contributed by atoms with E-state index in [1.54, 1.807) is 13.3 Å². The van der Waals surface area contributed by atoms with Crippen LogP contribution in [0.3, 0.4) is 0 Å². The standard InChI is InChI=1S/C18H22N6O2.C4H10OS/c1-4-9-22(3)17(25)24-14-15(19)20-11-21-16(14)23(18(24)26)10-13-7-5-12(2)6-8-13;1-3-4-6(2)5/h5-8,11H,4,9-10H2,1-3H3,(H2,19,20,21);3-4H2,1-2H3/t;6-/m.0/s1. The number of rotatable bonds is 6. The van der Waals surface area contributed by atoms with Gasteiger partial charge in [0, 0.05) is 36.4 Å². The lowest BCUT2D eigenvalue weighted by atomic mass is 10.1. The molecule has 0 saturated carbocycles. The predicted octanol–water partition coefficient (Wildman–Crippen LogP) is 2.62. The maximum Gasteiger partial charge on any atom is 0.339 e. The highest BCUT2D eigenvalue weighted by molar-refractivity contribution is 7.84. The van der Waals surface area contributed by atoms with E-state index in [0.717, 1.165) is 34.3 Å². The second-order valence-electron chi connectivity index (χ2n) is 7.60. The molecule has 0 radical (unpaired) electrons. The highest BCUT2D eigenvalue weighted by Crippen LogP contribution is 2.17. The van der Waals surface area contributed by atoms with Crippen molar-refractivity contribution in [3.63, 3.8) is 0 Å². The van der Waals surface area contributed by atoms with E-state index in [4.69, 9.17) is 5.73 Å². The molecule has 2 aromatic heterocycles. The van der Waals surface area contributed by atoms with Gasteiger partial charge in [0.2, 0.25) is 0 Å². The first-order chi connectivity index (χ1) is 15.2. The zero-order valence-electron chi connectivity index (χ0n) is 19.4. The number of aromatic nitrogens is 4. The van der Waals surface area contributed by atoms with E-state index in [1.165, 1.54) is 15.8 Å². The Balaban J connectivity index is 0.000000534. The van der Waals surface area contributed by atoms with Gasteiger partial charge in [0.1, 0.15) is 11.8 Å². The van der Waals surface area contributed by atoms with Gasteiger partial charge >= 0.3 is 11.7 Å². The molecule has 174 valence electrons. The quantitative estimate of drug-likeness (QED) is 0.604. The van der Waals surface area contributed by atoms with E-state index in [9.17, 15) is 13.8 Å². The third-order valence-electron chi connectivity index (χ3n) is 4.76. The van der Waals surface area contributed by atoms with E-state index >= 15 is 0 Å². The van der Waals surface area contributed by atoms with Gasteiger partial charge in [-0.2, -0.15) is 0 Å². The van der Waals surface area contributed by atoms with Gasteiger partial charge in [-0.05, 0) is 25.3 Å². The normalized spacial score (nSPS) is 11.7. The average Bonchev–Trinajstić information content (AvgIpc) is 3.02. The van der Waals surface area contributed by atoms with Crippen molar-refractivity contribution in [1.82, 2.24) is 24.0 Å². The summed E-state index contributed by atoms with van der Waals surface area (Å²) in [7, 11) is 1.09. The van der Waals surface area contributed by atoms with Crippen LogP contribution in [0.4, 0.5) is 10.6 Å². The van der Waals surface area contributed by atoms with Crippen molar-refractivity contribution in [3.05, 3.63) is 52.2 Å². The number of anilines is 1. The smallest absolute Gasteiger partial charge is 0.339 e. The summed E-state index contributed by atoms with van der Waals surface area (Å²) in [5.41, 5.74) is 8.16. The zero-order chi connectivity index (χ0) is 23.8. The van der Waals surface area contributed by atoms with Gasteiger partial charge in [-0.1, -0.05) is 43.7 Å². The van der Waals surface area contributed by atoms with E-state index in [1.807, 2.05) is 45.0 Å². The number of aryl methyl sites for hydroxylation is 1. The second-order valence-corrected chi connectivity index (χ2v) is 9.16. The van der Waals surface area contributed by atoms with Crippen molar-refractivity contribution in [2.75, 3.05) is 31.3 Å². The molecule has 0 aliphatic carbocycles. The molecular formula is C22H32N6O3S. The number of imidazole rings is 1. The minimum absolute atomic E-state index is 0.105. The van der Waals surface area contributed by atoms with Crippen LogP contribution in [0.5, 0.6) is 0 Å². The first-order valence-electron chi connectivity index (χ1n) is 10.5. The van der Waals surface area contributed by atoms with Gasteiger partial charge in [0.15, 0.2) is 11.5 Å². The number of amides is 1. The van der Waals surface area contributed by atoms with Crippen molar-refractivity contribution < 1.29 is 9.00 Å². The number of hydrogen-bond donors (Lipinski definition) is 1. The molecule has 0 saturated heterocycles. The van der Waals surface area contributed by atoms with Crippen LogP contribution in [-0.4, -0.2) is 59.8 Å². The van der Waals surface area contributed by atoms with Crippen molar-refractivity contribution in [2.45, 2.75) is 40.2 Å². The molecule has 0 bridgehead atoms. The summed E-state index contributed by atoms with van der Waals surface area (Å²) in [6.45, 7) is 6.82. The lowest BCUT2D eigenvalue weighted by Crippen LogP contribution is -2.38. The predicted molar refractivity (Wildman–Crippen MR) is 129 cm³/mol. The highest BCUT2D eigenvalue weighted by Gasteiger charge is 2.24. The number of nitrogens with two attached hydrogens (primary N) is 1. The molecule has 32 heavy (non-hydrogen) atoms. The molecule has 0 aliphatic rings. The molecule has 1 atom stereocenters. The van der Waals surface area contributed by atoms with Crippen molar-refractivity contribution in [2.24, 2.45) is 0 Å². The van der Waals surface area contributed by atoms with Gasteiger partial charge in [-0.3, -0.25) is 8.78 Å². The molecule has 2 heterocycles. The van der Waals surface area contributed by atoms with Crippen molar-refractivity contribution in [1.29, 1.82) is 0 Å². The van der Waals surface area contributed by atoms with Crippen LogP contribution in [-0.2, 0) is 17.3 Å². The molecule has 0 unspecified atom stereocenters. The average molecular weight is 461 g/mol. The maximum absolute atomic E-state index is 13.0. The Bertz CT molecular complexity index is 1140. The number of benzene rings is 1. The fourth-order valence-electron chi connectivity index (χ4n) is 3.19. The van der Waals surface area contributed by atoms with Gasteiger partial charge in [0.25, 0.3) is 0 Å². The zero-order valence-corrected chi connectivity index (χ0v) is 20.2. The van der Waals surface area contributed by atoms with Crippen molar-refractivity contribution in [3.8, 4) is 0 Å². The molecule has 0 aliphatic heterocycles. The highest BCUT2D eigenvalue weighted by atomic mass is 32.2. The van der Waals surface area contributed by atoms with Crippen LogP contribution in [0, 0.1) is 6.92 Å². The Morgan fingerprint density at radius 1 is 1.16 bits per heavy atom. The maximum atomic E-state index is 13.0. The summed E-state index contributed by atoms with van der Waals surface area (Å²) >= 11 is 0. The third-order valence-corrected chi connectivity index (χ3v) is 5.75. The number of carbonyl (C=O) groups excluding carboxylic acids is 1. The summed E-state index contributed by atoms with van der Waals surface area (Å²) in [4.78, 5) is 35.5. The SMILES string of the molecule is CCCN(C)C(=O)n1c(=O)n(Cc2ccc(C)cc2)c2ncnc(N)c21.CCC[S@](C)=O. The van der Waals surface area contributed by atoms with Crippen molar-refractivity contribution >= 4 is 33.8 Å². The Kier molecular flexibility index (Phi) is 9.13. The fourth-order valence-corrected chi connectivity index (χ4v) is 3.76. The Morgan fingerprint density at radius 2 is 1.81 bits per heavy atom. The first kappa shape index (κ1) is 25.3. The number of hydrogen-bond acceptors (Lipinski definition) is 6. The molecule has 1 aromatic carbocycles. The summed E-state index contributed by atoms with van der Waals surface area (Å²) < 4.78 is 12.7. The third kappa shape index (κ3) is 6.03. The second kappa shape index (κ2) is 11.6. The van der Waals surface area contributed by atoms with E-state index in [2.05, 4.69) is 9.97 Å². The summed E-state index contributed by atoms with van der Waals surface area (Å²) in [5, 5.41) is 0. The van der Waals surface area contributed by atoms with E-state index in [0.29, 0.717) is 18.7 Å². The van der Waals surface area contributed by atoms with Crippen LogP contribution >= 0.6 is 0 Å². The molecule has 0 spiro atoms. The van der Waals surface area contributed by atoms with E-state index < -0.39 is 22.5 Å².